The van der Waals surface area contributed by atoms with E-state index in [-0.39, 0.29) is 0 Å². The number of nitrogens with zero attached hydrogens (tertiary/aromatic N) is 4. The second kappa shape index (κ2) is 5.57. The molecular formula is C14H23N5. The maximum Gasteiger partial charge on any atom is 0.0638 e. The van der Waals surface area contributed by atoms with Gasteiger partial charge in [-0.1, -0.05) is 0 Å². The van der Waals surface area contributed by atoms with E-state index in [1.54, 1.807) is 0 Å². The molecule has 0 radical (unpaired) electrons. The molecule has 0 aliphatic heterocycles. The molecular weight excluding hydrogens is 238 g/mol. The number of rotatable bonds is 5. The van der Waals surface area contributed by atoms with Gasteiger partial charge in [0.05, 0.1) is 11.9 Å². The van der Waals surface area contributed by atoms with Gasteiger partial charge in [0.2, 0.25) is 0 Å². The molecule has 0 amide bonds. The van der Waals surface area contributed by atoms with Crippen molar-refractivity contribution in [2.24, 2.45) is 7.05 Å². The summed E-state index contributed by atoms with van der Waals surface area (Å²) in [6, 6.07) is 0.292. The van der Waals surface area contributed by atoms with Gasteiger partial charge < -0.3 is 5.32 Å². The van der Waals surface area contributed by atoms with Crippen molar-refractivity contribution < 1.29 is 0 Å². The smallest absolute Gasteiger partial charge is 0.0638 e. The average Bonchev–Trinajstić information content (AvgIpc) is 2.89. The Labute approximate surface area is 114 Å². The predicted molar refractivity (Wildman–Crippen MR) is 75.8 cm³/mol. The maximum absolute atomic E-state index is 4.39. The van der Waals surface area contributed by atoms with Crippen molar-refractivity contribution in [1.29, 1.82) is 0 Å². The van der Waals surface area contributed by atoms with Crippen molar-refractivity contribution in [1.82, 2.24) is 24.9 Å². The predicted octanol–water partition coefficient (Wildman–Crippen LogP) is 2.10. The first-order valence-corrected chi connectivity index (χ1v) is 6.77. The largest absolute Gasteiger partial charge is 0.306 e. The average molecular weight is 261 g/mol. The van der Waals surface area contributed by atoms with E-state index in [0.717, 1.165) is 18.8 Å². The van der Waals surface area contributed by atoms with Gasteiger partial charge in [-0.3, -0.25) is 9.36 Å². The third-order valence-corrected chi connectivity index (χ3v) is 3.62. The van der Waals surface area contributed by atoms with Crippen LogP contribution in [0.15, 0.2) is 12.4 Å². The van der Waals surface area contributed by atoms with E-state index in [0.29, 0.717) is 6.04 Å². The highest BCUT2D eigenvalue weighted by molar-refractivity contribution is 5.21. The van der Waals surface area contributed by atoms with Crippen LogP contribution in [-0.2, 0) is 20.1 Å². The van der Waals surface area contributed by atoms with E-state index in [1.165, 1.54) is 16.8 Å². The molecule has 2 rings (SSSR count). The second-order valence-corrected chi connectivity index (χ2v) is 5.02. The van der Waals surface area contributed by atoms with Crippen LogP contribution in [-0.4, -0.2) is 19.6 Å². The minimum atomic E-state index is 0.292. The highest BCUT2D eigenvalue weighted by atomic mass is 15.3. The lowest BCUT2D eigenvalue weighted by molar-refractivity contribution is 0.566. The number of hydrogen-bond donors (Lipinski definition) is 1. The maximum atomic E-state index is 4.39. The zero-order valence-corrected chi connectivity index (χ0v) is 12.4. The van der Waals surface area contributed by atoms with Gasteiger partial charge in [0.15, 0.2) is 0 Å². The Morgan fingerprint density at radius 3 is 2.63 bits per heavy atom. The topological polar surface area (TPSA) is 47.7 Å². The Kier molecular flexibility index (Phi) is 4.04. The molecule has 0 spiro atoms. The van der Waals surface area contributed by atoms with Crippen LogP contribution in [0.5, 0.6) is 0 Å². The summed E-state index contributed by atoms with van der Waals surface area (Å²) in [5.74, 6) is 0. The van der Waals surface area contributed by atoms with Gasteiger partial charge in [-0.05, 0) is 27.7 Å². The van der Waals surface area contributed by atoms with Crippen LogP contribution in [0.25, 0.3) is 0 Å². The molecule has 5 nitrogen and oxygen atoms in total. The monoisotopic (exact) mass is 261 g/mol. The molecule has 5 heteroatoms. The highest BCUT2D eigenvalue weighted by Crippen LogP contribution is 2.17. The van der Waals surface area contributed by atoms with Gasteiger partial charge in [0.1, 0.15) is 0 Å². The van der Waals surface area contributed by atoms with E-state index in [2.05, 4.69) is 42.5 Å². The number of aromatic nitrogens is 4. The summed E-state index contributed by atoms with van der Waals surface area (Å²) in [6.45, 7) is 10.2. The lowest BCUT2D eigenvalue weighted by atomic mass is 10.1. The van der Waals surface area contributed by atoms with Crippen molar-refractivity contribution in [2.45, 2.75) is 46.8 Å². The Bertz CT molecular complexity index is 552. The Hall–Kier alpha value is -1.62. The molecule has 1 unspecified atom stereocenters. The molecule has 1 atom stereocenters. The summed E-state index contributed by atoms with van der Waals surface area (Å²) in [5.41, 5.74) is 4.84. The number of nitrogens with one attached hydrogen (secondary N) is 1. The van der Waals surface area contributed by atoms with Crippen LogP contribution in [0.2, 0.25) is 0 Å². The van der Waals surface area contributed by atoms with Gasteiger partial charge >= 0.3 is 0 Å². The van der Waals surface area contributed by atoms with E-state index in [9.17, 15) is 0 Å². The SMILES string of the molecule is CCn1ncc(C(C)NCc2cn(C)nc2C)c1C. The molecule has 104 valence electrons. The normalized spacial score (nSPS) is 12.9. The minimum Gasteiger partial charge on any atom is -0.306 e. The third kappa shape index (κ3) is 2.87. The fourth-order valence-electron chi connectivity index (χ4n) is 2.40. The Morgan fingerprint density at radius 2 is 2.11 bits per heavy atom. The first-order valence-electron chi connectivity index (χ1n) is 6.77. The van der Waals surface area contributed by atoms with Gasteiger partial charge in [0.25, 0.3) is 0 Å². The third-order valence-electron chi connectivity index (χ3n) is 3.62. The van der Waals surface area contributed by atoms with E-state index < -0.39 is 0 Å². The van der Waals surface area contributed by atoms with E-state index in [4.69, 9.17) is 0 Å². The lowest BCUT2D eigenvalue weighted by Crippen LogP contribution is -2.19. The molecule has 2 aromatic rings. The summed E-state index contributed by atoms with van der Waals surface area (Å²) in [5, 5.41) is 12.3. The summed E-state index contributed by atoms with van der Waals surface area (Å²) >= 11 is 0. The Morgan fingerprint density at radius 1 is 1.37 bits per heavy atom. The summed E-state index contributed by atoms with van der Waals surface area (Å²) < 4.78 is 3.89. The van der Waals surface area contributed by atoms with Crippen molar-refractivity contribution in [3.05, 3.63) is 34.9 Å². The number of aryl methyl sites for hydroxylation is 3. The zero-order chi connectivity index (χ0) is 14.0. The highest BCUT2D eigenvalue weighted by Gasteiger charge is 2.13. The molecule has 2 aromatic heterocycles. The van der Waals surface area contributed by atoms with Crippen LogP contribution < -0.4 is 5.32 Å². The first kappa shape index (κ1) is 13.8. The summed E-state index contributed by atoms with van der Waals surface area (Å²) in [7, 11) is 1.95. The van der Waals surface area contributed by atoms with Crippen molar-refractivity contribution in [3.8, 4) is 0 Å². The Balaban J connectivity index is 2.03. The van der Waals surface area contributed by atoms with Crippen LogP contribution in [0.4, 0.5) is 0 Å². The lowest BCUT2D eigenvalue weighted by Gasteiger charge is -2.13. The van der Waals surface area contributed by atoms with Gasteiger partial charge in [-0.25, -0.2) is 0 Å². The second-order valence-electron chi connectivity index (χ2n) is 5.02. The van der Waals surface area contributed by atoms with Crippen molar-refractivity contribution >= 4 is 0 Å². The fourth-order valence-corrected chi connectivity index (χ4v) is 2.40. The molecule has 2 heterocycles. The molecule has 1 N–H and O–H groups in total. The molecule has 19 heavy (non-hydrogen) atoms. The number of hydrogen-bond acceptors (Lipinski definition) is 3. The van der Waals surface area contributed by atoms with E-state index >= 15 is 0 Å². The molecule has 0 saturated heterocycles. The van der Waals surface area contributed by atoms with Gasteiger partial charge in [-0.2, -0.15) is 10.2 Å². The van der Waals surface area contributed by atoms with Crippen molar-refractivity contribution in [3.63, 3.8) is 0 Å². The van der Waals surface area contributed by atoms with Crippen LogP contribution >= 0.6 is 0 Å². The molecule has 0 saturated carbocycles. The van der Waals surface area contributed by atoms with Gasteiger partial charge in [-0.15, -0.1) is 0 Å². The molecule has 0 aliphatic rings. The standard InChI is InChI=1S/C14H23N5/c1-6-19-12(4)14(8-16-19)11(3)15-7-13-9-18(5)17-10(13)2/h8-9,11,15H,6-7H2,1-5H3. The van der Waals surface area contributed by atoms with Gasteiger partial charge in [0, 0.05) is 49.2 Å². The van der Waals surface area contributed by atoms with E-state index in [1.807, 2.05) is 29.5 Å². The minimum absolute atomic E-state index is 0.292. The first-order chi connectivity index (χ1) is 9.02. The quantitative estimate of drug-likeness (QED) is 0.896. The van der Waals surface area contributed by atoms with Crippen LogP contribution in [0.1, 0.15) is 42.4 Å². The molecule has 0 aromatic carbocycles. The fraction of sp³-hybridized carbons (Fsp3) is 0.571. The van der Waals surface area contributed by atoms with Crippen molar-refractivity contribution in [2.75, 3.05) is 0 Å². The molecule has 0 fully saturated rings. The molecule has 0 bridgehead atoms. The summed E-state index contributed by atoms with van der Waals surface area (Å²) in [4.78, 5) is 0. The zero-order valence-electron chi connectivity index (χ0n) is 12.4. The summed E-state index contributed by atoms with van der Waals surface area (Å²) in [6.07, 6.45) is 4.03. The molecule has 0 aliphatic carbocycles. The van der Waals surface area contributed by atoms with Crippen LogP contribution in [0.3, 0.4) is 0 Å². The van der Waals surface area contributed by atoms with Crippen LogP contribution in [0, 0.1) is 13.8 Å².